The molecule has 1 amide bonds. The lowest BCUT2D eigenvalue weighted by molar-refractivity contribution is -0.137. The summed E-state index contributed by atoms with van der Waals surface area (Å²) in [5.74, 6) is 0.0415. The average Bonchev–Trinajstić information content (AvgIpc) is 2.81. The number of rotatable bonds is 5. The molecule has 0 saturated heterocycles. The van der Waals surface area contributed by atoms with Gasteiger partial charge in [0.2, 0.25) is 5.88 Å². The van der Waals surface area contributed by atoms with Gasteiger partial charge in [0.25, 0.3) is 5.91 Å². The van der Waals surface area contributed by atoms with Crippen LogP contribution in [0.2, 0.25) is 0 Å². The Labute approximate surface area is 187 Å². The SMILES string of the molecule is Cc1ccc(C(F)(F)F)cc1NC(=O)c1cccc(Oc2ncccc2-c2ccncn2)c1. The average molecular weight is 450 g/mol. The van der Waals surface area contributed by atoms with Crippen molar-refractivity contribution >= 4 is 11.6 Å². The van der Waals surface area contributed by atoms with Gasteiger partial charge in [0.05, 0.1) is 16.8 Å². The molecular weight excluding hydrogens is 433 g/mol. The number of ether oxygens (including phenoxy) is 1. The van der Waals surface area contributed by atoms with E-state index in [4.69, 9.17) is 4.74 Å². The number of amides is 1. The minimum Gasteiger partial charge on any atom is -0.438 e. The number of alkyl halides is 3. The van der Waals surface area contributed by atoms with Crippen LogP contribution < -0.4 is 10.1 Å². The second-order valence-corrected chi connectivity index (χ2v) is 7.06. The summed E-state index contributed by atoms with van der Waals surface area (Å²) in [6.45, 7) is 1.62. The highest BCUT2D eigenvalue weighted by Crippen LogP contribution is 2.33. The van der Waals surface area contributed by atoms with Crippen molar-refractivity contribution in [3.05, 3.63) is 96.1 Å². The van der Waals surface area contributed by atoms with Crippen LogP contribution in [0.3, 0.4) is 0 Å². The van der Waals surface area contributed by atoms with Crippen molar-refractivity contribution < 1.29 is 22.7 Å². The summed E-state index contributed by atoms with van der Waals surface area (Å²) in [7, 11) is 0. The van der Waals surface area contributed by atoms with Crippen LogP contribution in [0.1, 0.15) is 21.5 Å². The van der Waals surface area contributed by atoms with E-state index in [-0.39, 0.29) is 17.1 Å². The van der Waals surface area contributed by atoms with Gasteiger partial charge in [0.15, 0.2) is 0 Å². The number of nitrogens with zero attached hydrogens (tertiary/aromatic N) is 3. The van der Waals surface area contributed by atoms with Crippen LogP contribution in [0.4, 0.5) is 18.9 Å². The number of pyridine rings is 1. The fourth-order valence-electron chi connectivity index (χ4n) is 3.06. The topological polar surface area (TPSA) is 77.0 Å². The molecule has 2 aromatic heterocycles. The molecule has 0 aliphatic rings. The largest absolute Gasteiger partial charge is 0.438 e. The van der Waals surface area contributed by atoms with Crippen molar-refractivity contribution in [2.75, 3.05) is 5.32 Å². The molecule has 166 valence electrons. The van der Waals surface area contributed by atoms with Crippen molar-refractivity contribution in [3.63, 3.8) is 0 Å². The van der Waals surface area contributed by atoms with Gasteiger partial charge in [0, 0.05) is 23.6 Å². The van der Waals surface area contributed by atoms with Gasteiger partial charge in [-0.05, 0) is 61.0 Å². The van der Waals surface area contributed by atoms with E-state index in [1.807, 2.05) is 0 Å². The molecule has 0 bridgehead atoms. The number of hydrogen-bond acceptors (Lipinski definition) is 5. The van der Waals surface area contributed by atoms with Crippen molar-refractivity contribution in [1.29, 1.82) is 0 Å². The number of hydrogen-bond donors (Lipinski definition) is 1. The highest BCUT2D eigenvalue weighted by Gasteiger charge is 2.31. The summed E-state index contributed by atoms with van der Waals surface area (Å²) in [5.41, 5.74) is 1.21. The Bertz CT molecular complexity index is 1290. The van der Waals surface area contributed by atoms with Crippen molar-refractivity contribution in [2.45, 2.75) is 13.1 Å². The number of aryl methyl sites for hydroxylation is 1. The predicted molar refractivity (Wildman–Crippen MR) is 116 cm³/mol. The molecule has 0 radical (unpaired) electrons. The summed E-state index contributed by atoms with van der Waals surface area (Å²) in [6.07, 6.45) is 0.0602. The lowest BCUT2D eigenvalue weighted by Crippen LogP contribution is -2.14. The molecule has 2 heterocycles. The maximum Gasteiger partial charge on any atom is 0.416 e. The Morgan fingerprint density at radius 1 is 0.970 bits per heavy atom. The Balaban J connectivity index is 1.57. The van der Waals surface area contributed by atoms with Gasteiger partial charge in [0.1, 0.15) is 12.1 Å². The summed E-state index contributed by atoms with van der Waals surface area (Å²) < 4.78 is 45.0. The van der Waals surface area contributed by atoms with Gasteiger partial charge in [-0.1, -0.05) is 12.1 Å². The van der Waals surface area contributed by atoms with Crippen molar-refractivity contribution in [1.82, 2.24) is 15.0 Å². The molecule has 4 aromatic rings. The minimum absolute atomic E-state index is 0.0805. The van der Waals surface area contributed by atoms with E-state index < -0.39 is 17.6 Å². The molecule has 0 aliphatic heterocycles. The summed E-state index contributed by atoms with van der Waals surface area (Å²) in [4.78, 5) is 25.1. The Morgan fingerprint density at radius 3 is 2.58 bits per heavy atom. The van der Waals surface area contributed by atoms with Gasteiger partial charge < -0.3 is 10.1 Å². The zero-order valence-corrected chi connectivity index (χ0v) is 17.3. The standard InChI is InChI=1S/C24H17F3N4O2/c1-15-7-8-17(24(25,26)27)13-21(15)31-22(32)16-4-2-5-18(12-16)33-23-19(6-3-10-29-23)20-9-11-28-14-30-20/h2-14H,1H3,(H,31,32). The van der Waals surface area contributed by atoms with Gasteiger partial charge >= 0.3 is 6.18 Å². The number of aromatic nitrogens is 3. The number of benzene rings is 2. The fourth-order valence-corrected chi connectivity index (χ4v) is 3.06. The van der Waals surface area contributed by atoms with Crippen LogP contribution in [0.25, 0.3) is 11.3 Å². The molecular formula is C24H17F3N4O2. The first-order valence-corrected chi connectivity index (χ1v) is 9.80. The molecule has 0 fully saturated rings. The Hall–Kier alpha value is -4.27. The molecule has 9 heteroatoms. The number of anilines is 1. The maximum atomic E-state index is 13.0. The normalized spacial score (nSPS) is 11.2. The molecule has 0 unspecified atom stereocenters. The second-order valence-electron chi connectivity index (χ2n) is 7.06. The summed E-state index contributed by atoms with van der Waals surface area (Å²) >= 11 is 0. The van der Waals surface area contributed by atoms with E-state index in [9.17, 15) is 18.0 Å². The third-order valence-electron chi connectivity index (χ3n) is 4.75. The third kappa shape index (κ3) is 5.15. The van der Waals surface area contributed by atoms with E-state index >= 15 is 0 Å². The Morgan fingerprint density at radius 2 is 1.82 bits per heavy atom. The number of carbonyl (C=O) groups excluding carboxylic acids is 1. The lowest BCUT2D eigenvalue weighted by atomic mass is 10.1. The highest BCUT2D eigenvalue weighted by atomic mass is 19.4. The number of halogens is 3. The smallest absolute Gasteiger partial charge is 0.416 e. The molecule has 1 N–H and O–H groups in total. The predicted octanol–water partition coefficient (Wildman–Crippen LogP) is 5.91. The summed E-state index contributed by atoms with van der Waals surface area (Å²) in [5, 5.41) is 2.54. The molecule has 0 spiro atoms. The molecule has 33 heavy (non-hydrogen) atoms. The van der Waals surface area contributed by atoms with Crippen LogP contribution in [0.15, 0.2) is 79.4 Å². The van der Waals surface area contributed by atoms with Gasteiger partial charge in [-0.15, -0.1) is 0 Å². The second kappa shape index (κ2) is 9.07. The van der Waals surface area contributed by atoms with Crippen LogP contribution in [0.5, 0.6) is 11.6 Å². The first-order valence-electron chi connectivity index (χ1n) is 9.80. The fraction of sp³-hybridized carbons (Fsp3) is 0.0833. The molecule has 2 aromatic carbocycles. The first kappa shape index (κ1) is 21.9. The van der Waals surface area contributed by atoms with Crippen molar-refractivity contribution in [2.24, 2.45) is 0 Å². The van der Waals surface area contributed by atoms with Crippen LogP contribution in [0, 0.1) is 6.92 Å². The van der Waals surface area contributed by atoms with E-state index in [1.165, 1.54) is 24.5 Å². The van der Waals surface area contributed by atoms with E-state index in [1.54, 1.807) is 49.6 Å². The van der Waals surface area contributed by atoms with Crippen LogP contribution in [-0.4, -0.2) is 20.9 Å². The molecule has 0 atom stereocenters. The molecule has 4 rings (SSSR count). The molecule has 6 nitrogen and oxygen atoms in total. The third-order valence-corrected chi connectivity index (χ3v) is 4.75. The molecule has 0 saturated carbocycles. The highest BCUT2D eigenvalue weighted by molar-refractivity contribution is 6.05. The number of nitrogens with one attached hydrogen (secondary N) is 1. The van der Waals surface area contributed by atoms with Gasteiger partial charge in [-0.3, -0.25) is 4.79 Å². The van der Waals surface area contributed by atoms with Crippen molar-refractivity contribution in [3.8, 4) is 22.9 Å². The Kier molecular flexibility index (Phi) is 6.03. The van der Waals surface area contributed by atoms with Gasteiger partial charge in [-0.25, -0.2) is 15.0 Å². The first-order chi connectivity index (χ1) is 15.8. The van der Waals surface area contributed by atoms with Gasteiger partial charge in [-0.2, -0.15) is 13.2 Å². The van der Waals surface area contributed by atoms with Crippen LogP contribution >= 0.6 is 0 Å². The quantitative estimate of drug-likeness (QED) is 0.409. The zero-order chi connectivity index (χ0) is 23.4. The zero-order valence-electron chi connectivity index (χ0n) is 17.3. The van der Waals surface area contributed by atoms with E-state index in [0.717, 1.165) is 12.1 Å². The van der Waals surface area contributed by atoms with E-state index in [0.29, 0.717) is 22.6 Å². The lowest BCUT2D eigenvalue weighted by Gasteiger charge is -2.13. The maximum absolute atomic E-state index is 13.0. The van der Waals surface area contributed by atoms with Crippen LogP contribution in [-0.2, 0) is 6.18 Å². The van der Waals surface area contributed by atoms with E-state index in [2.05, 4.69) is 20.3 Å². The number of carbonyl (C=O) groups is 1. The minimum atomic E-state index is -4.51. The molecule has 0 aliphatic carbocycles. The summed E-state index contributed by atoms with van der Waals surface area (Å²) in [6, 6.07) is 14.7. The monoisotopic (exact) mass is 450 g/mol.